The average Bonchev–Trinajstić information content (AvgIpc) is 3.29. The van der Waals surface area contributed by atoms with Gasteiger partial charge in [-0.2, -0.15) is 26.0 Å². The number of rotatable bonds is 6. The van der Waals surface area contributed by atoms with Gasteiger partial charge in [-0.15, -0.1) is 0 Å². The first-order valence-electron chi connectivity index (χ1n) is 19.6. The maximum absolute atomic E-state index is 14.6. The van der Waals surface area contributed by atoms with Crippen LogP contribution in [0.15, 0.2) is 85.5 Å². The number of aryl methyl sites for hydroxylation is 4. The van der Waals surface area contributed by atoms with Crippen LogP contribution < -0.4 is 22.5 Å². The van der Waals surface area contributed by atoms with Crippen molar-refractivity contribution < 1.29 is 8.78 Å². The van der Waals surface area contributed by atoms with E-state index in [2.05, 4.69) is 45.2 Å². The molecular formula is C48H35ClF2N16. The summed E-state index contributed by atoms with van der Waals surface area (Å²) < 4.78 is 28.8. The van der Waals surface area contributed by atoms with Crippen LogP contribution in [0.4, 0.5) is 38.0 Å². The molecule has 4 aromatic carbocycles. The molecule has 0 bridgehead atoms. The van der Waals surface area contributed by atoms with Gasteiger partial charge in [0.15, 0.2) is 17.2 Å². The topological polar surface area (TPSA) is 288 Å². The number of nitrogen functional groups attached to an aromatic ring is 3. The van der Waals surface area contributed by atoms with E-state index in [4.69, 9.17) is 49.8 Å². The van der Waals surface area contributed by atoms with E-state index in [0.717, 1.165) is 44.5 Å². The minimum absolute atomic E-state index is 0.0155. The van der Waals surface area contributed by atoms with Crippen molar-refractivity contribution in [1.82, 2.24) is 39.9 Å². The standard InChI is InChI=1S/C24H17FN8.C19H14ClFN4.C5H4N4/c1-13-6-15(4-3-5-26)7-14(2)21(13)18-8-16(25)9-19-22(18)32-24(33-23(19)28)31-20-12-29-17(10-27)11-30-20;1-10-6-12(4-3-5-22)7-11(2)16(10)14-8-13(21)9-15-17(14)24-19(20)25-18(15)23;6-1-4-2-9-5(7)3-8-4/h3-4,6-9,11-12H,1-2H3,(H3,28,30,31,32,33);3-4,6-9H,1-2H3,(H2,23,24,25);2-3H,(H2,7,9)/b2*4-3+;. The van der Waals surface area contributed by atoms with Gasteiger partial charge in [-0.25, -0.2) is 43.7 Å². The van der Waals surface area contributed by atoms with Crippen molar-refractivity contribution >= 4 is 74.8 Å². The SMILES string of the molecule is Cc1cc(/C=C/C#N)cc(C)c1-c1cc(F)cc2c(N)nc(Cl)nc12.Cc1cc(/C=C/C#N)cc(C)c1-c1cc(F)cc2c(N)nc(Nc3cnc(C#N)cn3)nc12.N#Cc1cnc(N)cn1. The lowest BCUT2D eigenvalue weighted by atomic mass is 9.92. The van der Waals surface area contributed by atoms with E-state index in [1.165, 1.54) is 61.2 Å². The largest absolute Gasteiger partial charge is 0.383 e. The van der Waals surface area contributed by atoms with Crippen LogP contribution in [0.2, 0.25) is 5.28 Å². The van der Waals surface area contributed by atoms with E-state index in [9.17, 15) is 8.78 Å². The molecule has 67 heavy (non-hydrogen) atoms. The normalized spacial score (nSPS) is 10.6. The van der Waals surface area contributed by atoms with E-state index in [0.29, 0.717) is 44.6 Å². The van der Waals surface area contributed by atoms with Crippen LogP contribution in [0.1, 0.15) is 44.8 Å². The maximum atomic E-state index is 14.6. The van der Waals surface area contributed by atoms with Crippen molar-refractivity contribution in [3.8, 4) is 46.5 Å². The third-order valence-corrected chi connectivity index (χ3v) is 9.87. The number of halogens is 3. The Labute approximate surface area is 387 Å². The van der Waals surface area contributed by atoms with Gasteiger partial charge in [0.2, 0.25) is 11.2 Å². The Morgan fingerprint density at radius 3 is 1.46 bits per heavy atom. The van der Waals surface area contributed by atoms with E-state index < -0.39 is 11.6 Å². The number of anilines is 5. The highest BCUT2D eigenvalue weighted by Gasteiger charge is 2.18. The first kappa shape index (κ1) is 47.0. The number of allylic oxidation sites excluding steroid dienone is 2. The summed E-state index contributed by atoms with van der Waals surface area (Å²) in [5, 5.41) is 38.3. The van der Waals surface area contributed by atoms with Crippen LogP contribution in [-0.4, -0.2) is 39.9 Å². The Hall–Kier alpha value is -9.49. The number of fused-ring (bicyclic) bond motifs is 2. The minimum atomic E-state index is -0.460. The van der Waals surface area contributed by atoms with E-state index in [1.807, 2.05) is 76.2 Å². The average molecular weight is 909 g/mol. The molecule has 328 valence electrons. The fourth-order valence-electron chi connectivity index (χ4n) is 7.11. The van der Waals surface area contributed by atoms with Crippen LogP contribution >= 0.6 is 11.6 Å². The second kappa shape index (κ2) is 20.8. The van der Waals surface area contributed by atoms with Crippen molar-refractivity contribution in [2.75, 3.05) is 22.5 Å². The van der Waals surface area contributed by atoms with E-state index in [1.54, 1.807) is 12.2 Å². The molecule has 7 N–H and O–H groups in total. The molecule has 0 fully saturated rings. The Kier molecular flexibility index (Phi) is 14.6. The van der Waals surface area contributed by atoms with E-state index >= 15 is 0 Å². The predicted octanol–water partition coefficient (Wildman–Crippen LogP) is 9.33. The zero-order chi connectivity index (χ0) is 48.4. The predicted molar refractivity (Wildman–Crippen MR) is 253 cm³/mol. The quantitative estimate of drug-likeness (QED) is 0.0892. The van der Waals surface area contributed by atoms with Crippen LogP contribution in [-0.2, 0) is 0 Å². The van der Waals surface area contributed by atoms with Gasteiger partial charge in [0.05, 0.1) is 48.0 Å². The molecule has 0 unspecified atom stereocenters. The fraction of sp³-hybridized carbons (Fsp3) is 0.0833. The molecule has 19 heteroatoms. The molecule has 0 radical (unpaired) electrons. The monoisotopic (exact) mass is 908 g/mol. The zero-order valence-corrected chi connectivity index (χ0v) is 36.7. The lowest BCUT2D eigenvalue weighted by molar-refractivity contribution is 0.629. The minimum Gasteiger partial charge on any atom is -0.383 e. The summed E-state index contributed by atoms with van der Waals surface area (Å²) >= 11 is 5.95. The van der Waals surface area contributed by atoms with Gasteiger partial charge in [0.25, 0.3) is 0 Å². The first-order valence-corrected chi connectivity index (χ1v) is 20.0. The molecule has 16 nitrogen and oxygen atoms in total. The molecule has 0 saturated carbocycles. The van der Waals surface area contributed by atoms with Crippen molar-refractivity contribution in [2.45, 2.75) is 27.7 Å². The van der Waals surface area contributed by atoms with Crippen LogP contribution in [0, 0.1) is 84.7 Å². The van der Waals surface area contributed by atoms with Crippen LogP contribution in [0.5, 0.6) is 0 Å². The highest BCUT2D eigenvalue weighted by Crippen LogP contribution is 2.38. The number of hydrogen-bond donors (Lipinski definition) is 4. The third kappa shape index (κ3) is 11.2. The zero-order valence-electron chi connectivity index (χ0n) is 36.0. The Morgan fingerprint density at radius 1 is 0.567 bits per heavy atom. The number of nitrogens with two attached hydrogens (primary N) is 3. The van der Waals surface area contributed by atoms with Crippen LogP contribution in [0.3, 0.4) is 0 Å². The van der Waals surface area contributed by atoms with Gasteiger partial charge in [0.1, 0.15) is 41.2 Å². The molecular weight excluding hydrogens is 874 g/mol. The maximum Gasteiger partial charge on any atom is 0.230 e. The molecule has 8 aromatic rings. The number of nitrogens with one attached hydrogen (secondary N) is 1. The Balaban J connectivity index is 0.000000191. The molecule has 0 atom stereocenters. The summed E-state index contributed by atoms with van der Waals surface area (Å²) in [6.07, 6.45) is 11.6. The van der Waals surface area contributed by atoms with Gasteiger partial charge in [0, 0.05) is 34.1 Å². The number of benzene rings is 4. The summed E-state index contributed by atoms with van der Waals surface area (Å²) in [5.74, 6) is 0.182. The second-order valence-electron chi connectivity index (χ2n) is 14.5. The number of nitriles is 4. The van der Waals surface area contributed by atoms with Crippen molar-refractivity contribution in [2.24, 2.45) is 0 Å². The molecule has 0 aliphatic carbocycles. The van der Waals surface area contributed by atoms with E-state index in [-0.39, 0.29) is 34.3 Å². The molecule has 8 rings (SSSR count). The third-order valence-electron chi connectivity index (χ3n) is 9.70. The highest BCUT2D eigenvalue weighted by atomic mass is 35.5. The Bertz CT molecular complexity index is 3390. The van der Waals surface area contributed by atoms with Gasteiger partial charge >= 0.3 is 0 Å². The molecule has 0 aliphatic heterocycles. The summed E-state index contributed by atoms with van der Waals surface area (Å²) in [6.45, 7) is 7.68. The number of hydrogen-bond acceptors (Lipinski definition) is 16. The van der Waals surface area contributed by atoms with Crippen molar-refractivity contribution in [1.29, 1.82) is 21.0 Å². The summed E-state index contributed by atoms with van der Waals surface area (Å²) in [4.78, 5) is 32.3. The lowest BCUT2D eigenvalue weighted by Crippen LogP contribution is -2.05. The van der Waals surface area contributed by atoms with Gasteiger partial charge < -0.3 is 22.5 Å². The van der Waals surface area contributed by atoms with Gasteiger partial charge in [-0.05, 0) is 120 Å². The molecule has 4 heterocycles. The fourth-order valence-corrected chi connectivity index (χ4v) is 7.29. The molecule has 0 aliphatic rings. The lowest BCUT2D eigenvalue weighted by Gasteiger charge is -2.15. The number of aromatic nitrogens is 8. The van der Waals surface area contributed by atoms with Crippen molar-refractivity contribution in [3.63, 3.8) is 0 Å². The molecule has 0 spiro atoms. The summed E-state index contributed by atoms with van der Waals surface area (Å²) in [6, 6.07) is 20.8. The second-order valence-corrected chi connectivity index (χ2v) is 14.8. The van der Waals surface area contributed by atoms with Gasteiger partial charge in [-0.1, -0.05) is 24.3 Å². The molecule has 4 aromatic heterocycles. The molecule has 0 saturated heterocycles. The first-order chi connectivity index (χ1) is 32.1. The van der Waals surface area contributed by atoms with Crippen molar-refractivity contribution in [3.05, 3.63) is 147 Å². The van der Waals surface area contributed by atoms with Gasteiger partial charge in [-0.3, -0.25) is 0 Å². The summed E-state index contributed by atoms with van der Waals surface area (Å²) in [5.41, 5.74) is 26.9. The summed E-state index contributed by atoms with van der Waals surface area (Å²) in [7, 11) is 0. The van der Waals surface area contributed by atoms with Crippen LogP contribution in [0.25, 0.3) is 56.2 Å². The highest BCUT2D eigenvalue weighted by molar-refractivity contribution is 6.29. The smallest absolute Gasteiger partial charge is 0.230 e. The molecule has 0 amide bonds. The number of nitrogens with zero attached hydrogens (tertiary/aromatic N) is 12. The Morgan fingerprint density at radius 2 is 1.03 bits per heavy atom.